The number of likely N-dealkylation sites (tertiary alicyclic amines) is 1. The summed E-state index contributed by atoms with van der Waals surface area (Å²) in [4.78, 5) is 24.8. The number of rotatable bonds is 2. The number of aliphatic hydroxyl groups excluding tert-OH is 1. The van der Waals surface area contributed by atoms with E-state index >= 15 is 0 Å². The number of nitrogens with zero attached hydrogens (tertiary/aromatic N) is 1. The molecule has 2 rings (SSSR count). The Hall–Kier alpha value is -1.10. The molecule has 2 N–H and O–H groups in total. The molecule has 1 unspecified atom stereocenters. The Morgan fingerprint density at radius 3 is 2.41 bits per heavy atom. The molecule has 2 fully saturated rings. The van der Waals surface area contributed by atoms with E-state index in [9.17, 15) is 14.7 Å². The van der Waals surface area contributed by atoms with Gasteiger partial charge in [0.2, 0.25) is 5.91 Å². The monoisotopic (exact) mass is 241 g/mol. The van der Waals surface area contributed by atoms with Crippen LogP contribution in [0, 0.1) is 17.3 Å². The molecule has 0 aromatic carbocycles. The van der Waals surface area contributed by atoms with Crippen LogP contribution in [0.25, 0.3) is 0 Å². The fourth-order valence-electron chi connectivity index (χ4n) is 2.91. The molecule has 5 nitrogen and oxygen atoms in total. The molecule has 1 saturated carbocycles. The lowest BCUT2D eigenvalue weighted by Gasteiger charge is -2.30. The predicted octanol–water partition coefficient (Wildman–Crippen LogP) is 0.326. The number of β-amino-alcohol motifs (C(OH)–C–C–N with tert-alkyl or cyclic N) is 1. The summed E-state index contributed by atoms with van der Waals surface area (Å²) >= 11 is 0. The lowest BCUT2D eigenvalue weighted by Crippen LogP contribution is -2.43. The largest absolute Gasteiger partial charge is 0.481 e. The van der Waals surface area contributed by atoms with Crippen LogP contribution in [-0.4, -0.2) is 46.2 Å². The third-order valence-corrected chi connectivity index (χ3v) is 4.07. The van der Waals surface area contributed by atoms with Gasteiger partial charge in [0.25, 0.3) is 0 Å². The van der Waals surface area contributed by atoms with Crippen LogP contribution in [0.2, 0.25) is 0 Å². The van der Waals surface area contributed by atoms with Crippen molar-refractivity contribution in [2.24, 2.45) is 17.3 Å². The van der Waals surface area contributed by atoms with E-state index in [0.29, 0.717) is 13.1 Å². The predicted molar refractivity (Wildman–Crippen MR) is 60.2 cm³/mol. The van der Waals surface area contributed by atoms with Gasteiger partial charge in [-0.05, 0) is 18.3 Å². The normalized spacial score (nSPS) is 35.5. The van der Waals surface area contributed by atoms with Gasteiger partial charge in [0.05, 0.1) is 17.9 Å². The number of amides is 1. The average molecular weight is 241 g/mol. The van der Waals surface area contributed by atoms with Crippen LogP contribution >= 0.6 is 0 Å². The Kier molecular flexibility index (Phi) is 2.89. The van der Waals surface area contributed by atoms with Crippen molar-refractivity contribution in [2.45, 2.75) is 32.8 Å². The molecule has 17 heavy (non-hydrogen) atoms. The van der Waals surface area contributed by atoms with Crippen molar-refractivity contribution in [3.05, 3.63) is 0 Å². The summed E-state index contributed by atoms with van der Waals surface area (Å²) in [7, 11) is 0. The van der Waals surface area contributed by atoms with E-state index in [0.717, 1.165) is 12.8 Å². The average Bonchev–Trinajstić information content (AvgIpc) is 2.80. The zero-order chi connectivity index (χ0) is 12.8. The van der Waals surface area contributed by atoms with Crippen molar-refractivity contribution in [3.8, 4) is 0 Å². The molecule has 1 aliphatic heterocycles. The van der Waals surface area contributed by atoms with Crippen LogP contribution in [0.3, 0.4) is 0 Å². The number of aliphatic carboxylic acids is 1. The van der Waals surface area contributed by atoms with Gasteiger partial charge >= 0.3 is 5.97 Å². The van der Waals surface area contributed by atoms with Gasteiger partial charge in [-0.3, -0.25) is 9.59 Å². The standard InChI is InChI=1S/C12H19NO4/c1-12(2)8(9(12)11(16)17)10(15)13-5-3-4-7(14)6-13/h7-9,14H,3-6H2,1-2H3,(H,16,17)/t7?,8-,9+/m1/s1. The molecule has 0 radical (unpaired) electrons. The third-order valence-electron chi connectivity index (χ3n) is 4.07. The van der Waals surface area contributed by atoms with E-state index in [1.807, 2.05) is 13.8 Å². The third kappa shape index (κ3) is 2.04. The summed E-state index contributed by atoms with van der Waals surface area (Å²) in [6.07, 6.45) is 1.05. The second-order valence-electron chi connectivity index (χ2n) is 5.70. The van der Waals surface area contributed by atoms with Gasteiger partial charge in [0.1, 0.15) is 0 Å². The van der Waals surface area contributed by atoms with Gasteiger partial charge in [-0.2, -0.15) is 0 Å². The summed E-state index contributed by atoms with van der Waals surface area (Å²) in [5.41, 5.74) is -0.453. The first-order valence-electron chi connectivity index (χ1n) is 6.05. The van der Waals surface area contributed by atoms with Crippen LogP contribution < -0.4 is 0 Å². The van der Waals surface area contributed by atoms with Crippen LogP contribution in [0.5, 0.6) is 0 Å². The molecule has 1 heterocycles. The van der Waals surface area contributed by atoms with Gasteiger partial charge in [-0.15, -0.1) is 0 Å². The SMILES string of the molecule is CC1(C)[C@H](C(=O)O)[C@@H]1C(=O)N1CCCC(O)C1. The topological polar surface area (TPSA) is 77.8 Å². The summed E-state index contributed by atoms with van der Waals surface area (Å²) in [5, 5.41) is 18.6. The van der Waals surface area contributed by atoms with Crippen molar-refractivity contribution < 1.29 is 19.8 Å². The molecular formula is C12H19NO4. The number of carbonyl (C=O) groups is 2. The number of carboxylic acid groups (broad SMARTS) is 1. The Morgan fingerprint density at radius 2 is 1.94 bits per heavy atom. The van der Waals surface area contributed by atoms with Crippen molar-refractivity contribution in [2.75, 3.05) is 13.1 Å². The molecule has 1 amide bonds. The van der Waals surface area contributed by atoms with Crippen LogP contribution in [0.4, 0.5) is 0 Å². The molecular weight excluding hydrogens is 222 g/mol. The molecule has 0 spiro atoms. The number of piperidine rings is 1. The molecule has 3 atom stereocenters. The van der Waals surface area contributed by atoms with E-state index in [1.165, 1.54) is 0 Å². The van der Waals surface area contributed by atoms with E-state index in [1.54, 1.807) is 4.90 Å². The summed E-state index contributed by atoms with van der Waals surface area (Å²) in [6, 6.07) is 0. The van der Waals surface area contributed by atoms with Gasteiger partial charge in [0, 0.05) is 13.1 Å². The number of hydrogen-bond acceptors (Lipinski definition) is 3. The first kappa shape index (κ1) is 12.4. The zero-order valence-electron chi connectivity index (χ0n) is 10.2. The minimum Gasteiger partial charge on any atom is -0.481 e. The Bertz CT molecular complexity index is 352. The second kappa shape index (κ2) is 3.98. The summed E-state index contributed by atoms with van der Waals surface area (Å²) < 4.78 is 0. The molecule has 0 bridgehead atoms. The molecule has 5 heteroatoms. The van der Waals surface area contributed by atoms with Gasteiger partial charge in [-0.25, -0.2) is 0 Å². The van der Waals surface area contributed by atoms with E-state index in [2.05, 4.69) is 0 Å². The minimum atomic E-state index is -0.897. The highest BCUT2D eigenvalue weighted by Crippen LogP contribution is 2.59. The first-order valence-corrected chi connectivity index (χ1v) is 6.05. The Labute approximate surface area is 100 Å². The summed E-state index contributed by atoms with van der Waals surface area (Å²) in [5.74, 6) is -2.01. The Balaban J connectivity index is 2.04. The second-order valence-corrected chi connectivity index (χ2v) is 5.70. The quantitative estimate of drug-likeness (QED) is 0.730. The lowest BCUT2D eigenvalue weighted by atomic mass is 10.1. The fraction of sp³-hybridized carbons (Fsp3) is 0.833. The van der Waals surface area contributed by atoms with E-state index in [4.69, 9.17) is 5.11 Å². The van der Waals surface area contributed by atoms with Crippen molar-refractivity contribution >= 4 is 11.9 Å². The maximum absolute atomic E-state index is 12.2. The molecule has 1 saturated heterocycles. The molecule has 96 valence electrons. The van der Waals surface area contributed by atoms with Gasteiger partial charge < -0.3 is 15.1 Å². The van der Waals surface area contributed by atoms with Crippen LogP contribution in [0.1, 0.15) is 26.7 Å². The molecule has 2 aliphatic rings. The number of hydrogen-bond donors (Lipinski definition) is 2. The number of carboxylic acids is 1. The highest BCUT2D eigenvalue weighted by atomic mass is 16.4. The molecule has 1 aliphatic carbocycles. The maximum Gasteiger partial charge on any atom is 0.307 e. The van der Waals surface area contributed by atoms with Gasteiger partial charge in [0.15, 0.2) is 0 Å². The highest BCUT2D eigenvalue weighted by molar-refractivity contribution is 5.91. The van der Waals surface area contributed by atoms with E-state index in [-0.39, 0.29) is 5.91 Å². The summed E-state index contributed by atoms with van der Waals surface area (Å²) in [6.45, 7) is 4.61. The maximum atomic E-state index is 12.2. The smallest absolute Gasteiger partial charge is 0.307 e. The zero-order valence-corrected chi connectivity index (χ0v) is 10.2. The minimum absolute atomic E-state index is 0.110. The molecule has 0 aromatic heterocycles. The lowest BCUT2D eigenvalue weighted by molar-refractivity contribution is -0.143. The van der Waals surface area contributed by atoms with E-state index < -0.39 is 29.3 Å². The number of carbonyl (C=O) groups excluding carboxylic acids is 1. The molecule has 0 aromatic rings. The van der Waals surface area contributed by atoms with Crippen LogP contribution in [0.15, 0.2) is 0 Å². The van der Waals surface area contributed by atoms with Gasteiger partial charge in [-0.1, -0.05) is 13.8 Å². The highest BCUT2D eigenvalue weighted by Gasteiger charge is 2.66. The Morgan fingerprint density at radius 1 is 1.29 bits per heavy atom. The first-order chi connectivity index (χ1) is 7.85. The van der Waals surface area contributed by atoms with Crippen molar-refractivity contribution in [3.63, 3.8) is 0 Å². The van der Waals surface area contributed by atoms with Crippen LogP contribution in [-0.2, 0) is 9.59 Å². The van der Waals surface area contributed by atoms with Crippen molar-refractivity contribution in [1.82, 2.24) is 4.90 Å². The van der Waals surface area contributed by atoms with Crippen molar-refractivity contribution in [1.29, 1.82) is 0 Å². The fourth-order valence-corrected chi connectivity index (χ4v) is 2.91. The number of aliphatic hydroxyl groups is 1.